The van der Waals surface area contributed by atoms with E-state index in [4.69, 9.17) is 37.0 Å². The Morgan fingerprint density at radius 2 is 1.30 bits per heavy atom. The number of fused-ring (bicyclic) bond motifs is 1. The molecular weight excluding hydrogens is 616 g/mol. The van der Waals surface area contributed by atoms with Crippen LogP contribution < -0.4 is 38.0 Å². The van der Waals surface area contributed by atoms with E-state index in [1.807, 2.05) is 37.3 Å². The van der Waals surface area contributed by atoms with Crippen LogP contribution >= 0.6 is 0 Å². The zero-order valence-corrected chi connectivity index (χ0v) is 26.9. The summed E-state index contributed by atoms with van der Waals surface area (Å²) in [5.41, 5.74) is 1.06. The van der Waals surface area contributed by atoms with Crippen molar-refractivity contribution in [2.75, 3.05) is 35.5 Å². The third-order valence-corrected chi connectivity index (χ3v) is 8.34. The Labute approximate surface area is 265 Å². The summed E-state index contributed by atoms with van der Waals surface area (Å²) in [4.78, 5) is 14.2. The van der Waals surface area contributed by atoms with E-state index in [9.17, 15) is 13.2 Å². The van der Waals surface area contributed by atoms with Gasteiger partial charge in [-0.25, -0.2) is 0 Å². The van der Waals surface area contributed by atoms with E-state index in [0.717, 1.165) is 11.1 Å². The van der Waals surface area contributed by atoms with Crippen LogP contribution in [-0.2, 0) is 16.7 Å². The van der Waals surface area contributed by atoms with Gasteiger partial charge in [-0.1, -0.05) is 48.0 Å². The molecule has 0 saturated heterocycles. The van der Waals surface area contributed by atoms with E-state index in [-0.39, 0.29) is 56.8 Å². The quantitative estimate of drug-likeness (QED) is 0.144. The van der Waals surface area contributed by atoms with Gasteiger partial charge < -0.3 is 37.0 Å². The molecule has 11 nitrogen and oxygen atoms in total. The molecule has 0 radical (unpaired) electrons. The first-order valence-electron chi connectivity index (χ1n) is 13.9. The Balaban J connectivity index is 1.77. The number of ether oxygens (including phenoxy) is 6. The second-order valence-electron chi connectivity index (χ2n) is 9.92. The van der Waals surface area contributed by atoms with Gasteiger partial charge in [-0.05, 0) is 42.8 Å². The van der Waals surface area contributed by atoms with E-state index in [1.54, 1.807) is 30.3 Å². The summed E-state index contributed by atoms with van der Waals surface area (Å²) in [6.07, 6.45) is 0. The lowest BCUT2D eigenvalue weighted by molar-refractivity contribution is 0.284. The average Bonchev–Trinajstić information content (AvgIpc) is 3.07. The standard InChI is InChI=1S/C34H32O11S/c1-20-12-15-23(16-13-20)46(36,37)45-31-27(35)26-29(39-3)32(40-4)34(42-6)33(41-5)30(26)44-28(31)22-14-17-24(25(18-22)38-2)43-19-21-10-8-7-9-11-21/h7-18H,19H2,1-6H3. The van der Waals surface area contributed by atoms with Crippen LogP contribution in [0, 0.1) is 6.92 Å². The van der Waals surface area contributed by atoms with Gasteiger partial charge >= 0.3 is 10.1 Å². The lowest BCUT2D eigenvalue weighted by Crippen LogP contribution is -2.18. The Bertz CT molecular complexity index is 2040. The van der Waals surface area contributed by atoms with Crippen LogP contribution in [0.2, 0.25) is 0 Å². The van der Waals surface area contributed by atoms with E-state index >= 15 is 0 Å². The fraction of sp³-hybridized carbons (Fsp3) is 0.206. The lowest BCUT2D eigenvalue weighted by atomic mass is 10.1. The first-order chi connectivity index (χ1) is 22.2. The van der Waals surface area contributed by atoms with Gasteiger partial charge in [-0.3, -0.25) is 4.79 Å². The summed E-state index contributed by atoms with van der Waals surface area (Å²) in [6.45, 7) is 2.08. The second kappa shape index (κ2) is 13.3. The Morgan fingerprint density at radius 1 is 0.674 bits per heavy atom. The van der Waals surface area contributed by atoms with Crippen molar-refractivity contribution in [2.24, 2.45) is 0 Å². The van der Waals surface area contributed by atoms with Crippen LogP contribution in [0.5, 0.6) is 40.2 Å². The molecule has 1 aromatic heterocycles. The Hall–Kier alpha value is -5.36. The highest BCUT2D eigenvalue weighted by molar-refractivity contribution is 7.87. The molecule has 4 aromatic carbocycles. The van der Waals surface area contributed by atoms with E-state index in [0.29, 0.717) is 11.5 Å². The molecule has 0 spiro atoms. The van der Waals surface area contributed by atoms with Gasteiger partial charge in [-0.2, -0.15) is 8.42 Å². The predicted octanol–water partition coefficient (Wildman–Crippen LogP) is 6.16. The maximum atomic E-state index is 14.3. The van der Waals surface area contributed by atoms with Gasteiger partial charge in [-0.15, -0.1) is 0 Å². The van der Waals surface area contributed by atoms with Gasteiger partial charge in [0.05, 0.1) is 35.5 Å². The third kappa shape index (κ3) is 5.98. The fourth-order valence-corrected chi connectivity index (χ4v) is 5.79. The highest BCUT2D eigenvalue weighted by Gasteiger charge is 2.32. The van der Waals surface area contributed by atoms with E-state index in [1.165, 1.54) is 47.7 Å². The van der Waals surface area contributed by atoms with Crippen LogP contribution in [0.25, 0.3) is 22.3 Å². The normalized spacial score (nSPS) is 11.2. The topological polar surface area (TPSA) is 129 Å². The van der Waals surface area contributed by atoms with Crippen LogP contribution in [0.3, 0.4) is 0 Å². The summed E-state index contributed by atoms with van der Waals surface area (Å²) in [6, 6.07) is 20.3. The summed E-state index contributed by atoms with van der Waals surface area (Å²) < 4.78 is 72.7. The van der Waals surface area contributed by atoms with Gasteiger partial charge in [0.25, 0.3) is 0 Å². The first kappa shape index (κ1) is 32.0. The number of hydrogen-bond acceptors (Lipinski definition) is 11. The minimum absolute atomic E-state index is 0.0104. The molecule has 240 valence electrons. The molecular formula is C34H32O11S. The summed E-state index contributed by atoms with van der Waals surface area (Å²) in [5, 5.41) is -0.190. The van der Waals surface area contributed by atoms with Crippen molar-refractivity contribution >= 4 is 21.1 Å². The number of benzene rings is 4. The smallest absolute Gasteiger partial charge is 0.339 e. The van der Waals surface area contributed by atoms with Crippen LogP contribution in [0.1, 0.15) is 11.1 Å². The minimum Gasteiger partial charge on any atom is -0.493 e. The fourth-order valence-electron chi connectivity index (χ4n) is 4.85. The number of methoxy groups -OCH3 is 5. The maximum absolute atomic E-state index is 14.3. The summed E-state index contributed by atoms with van der Waals surface area (Å²) in [5.74, 6) is -0.102. The molecule has 0 aliphatic carbocycles. The average molecular weight is 649 g/mol. The molecule has 46 heavy (non-hydrogen) atoms. The minimum atomic E-state index is -4.52. The lowest BCUT2D eigenvalue weighted by Gasteiger charge is -2.19. The van der Waals surface area contributed by atoms with E-state index < -0.39 is 21.3 Å². The number of aryl methyl sites for hydroxylation is 1. The third-order valence-electron chi connectivity index (χ3n) is 7.10. The van der Waals surface area contributed by atoms with Crippen molar-refractivity contribution < 1.29 is 45.4 Å². The molecule has 0 aliphatic heterocycles. The SMILES string of the molecule is COc1cc(-c2oc3c(OC)c(OC)c(OC)c(OC)c3c(=O)c2OS(=O)(=O)c2ccc(C)cc2)ccc1OCc1ccccc1. The van der Waals surface area contributed by atoms with Crippen LogP contribution in [0.15, 0.2) is 86.9 Å². The Morgan fingerprint density at radius 3 is 1.91 bits per heavy atom. The van der Waals surface area contributed by atoms with Gasteiger partial charge in [0.2, 0.25) is 28.4 Å². The molecule has 0 fully saturated rings. The van der Waals surface area contributed by atoms with Crippen LogP contribution in [-0.4, -0.2) is 44.0 Å². The van der Waals surface area contributed by atoms with Crippen molar-refractivity contribution in [3.05, 3.63) is 94.1 Å². The summed E-state index contributed by atoms with van der Waals surface area (Å²) in [7, 11) is 2.35. The first-order valence-corrected chi connectivity index (χ1v) is 15.3. The highest BCUT2D eigenvalue weighted by Crippen LogP contribution is 2.51. The molecule has 0 saturated carbocycles. The van der Waals surface area contributed by atoms with Crippen molar-refractivity contribution in [3.8, 4) is 51.6 Å². The molecule has 0 unspecified atom stereocenters. The molecule has 0 aliphatic rings. The maximum Gasteiger partial charge on any atom is 0.339 e. The molecule has 1 heterocycles. The van der Waals surface area contributed by atoms with Gasteiger partial charge in [0, 0.05) is 5.56 Å². The van der Waals surface area contributed by atoms with E-state index in [2.05, 4.69) is 0 Å². The van der Waals surface area contributed by atoms with Gasteiger partial charge in [0.15, 0.2) is 28.6 Å². The molecule has 12 heteroatoms. The molecule has 0 N–H and O–H groups in total. The largest absolute Gasteiger partial charge is 0.493 e. The Kier molecular flexibility index (Phi) is 9.28. The highest BCUT2D eigenvalue weighted by atomic mass is 32.2. The predicted molar refractivity (Wildman–Crippen MR) is 170 cm³/mol. The van der Waals surface area contributed by atoms with Crippen molar-refractivity contribution in [3.63, 3.8) is 0 Å². The number of hydrogen-bond donors (Lipinski definition) is 0. The van der Waals surface area contributed by atoms with Gasteiger partial charge in [0.1, 0.15) is 16.9 Å². The van der Waals surface area contributed by atoms with Crippen molar-refractivity contribution in [2.45, 2.75) is 18.4 Å². The molecule has 0 amide bonds. The zero-order valence-electron chi connectivity index (χ0n) is 26.0. The van der Waals surface area contributed by atoms with Crippen molar-refractivity contribution in [1.29, 1.82) is 0 Å². The monoisotopic (exact) mass is 648 g/mol. The zero-order chi connectivity index (χ0) is 33.0. The summed E-state index contributed by atoms with van der Waals surface area (Å²) >= 11 is 0. The van der Waals surface area contributed by atoms with Crippen molar-refractivity contribution in [1.82, 2.24) is 0 Å². The van der Waals surface area contributed by atoms with Crippen LogP contribution in [0.4, 0.5) is 0 Å². The molecule has 0 atom stereocenters. The molecule has 5 aromatic rings. The number of rotatable bonds is 12. The molecule has 5 rings (SSSR count). The molecule has 0 bridgehead atoms. The second-order valence-corrected chi connectivity index (χ2v) is 11.5.